The Kier molecular flexibility index (Phi) is 5.82. The Morgan fingerprint density at radius 1 is 1.11 bits per heavy atom. The molecule has 1 aromatic rings. The molecule has 1 saturated heterocycles. The van der Waals surface area contributed by atoms with Gasteiger partial charge in [-0.2, -0.15) is 0 Å². The molecule has 0 spiro atoms. The van der Waals surface area contributed by atoms with Crippen molar-refractivity contribution in [2.45, 2.75) is 32.1 Å². The molecule has 1 heterocycles. The van der Waals surface area contributed by atoms with Gasteiger partial charge in [-0.1, -0.05) is 17.7 Å². The topological polar surface area (TPSA) is 13.7 Å². The first-order chi connectivity index (χ1) is 8.84. The van der Waals surface area contributed by atoms with Gasteiger partial charge in [0.1, 0.15) is 5.75 Å². The number of piperidine rings is 1. The molecule has 0 unspecified atom stereocenters. The fourth-order valence-corrected chi connectivity index (χ4v) is 2.71. The Morgan fingerprint density at radius 3 is 2.72 bits per heavy atom. The van der Waals surface area contributed by atoms with Crippen molar-refractivity contribution < 1.29 is 9.64 Å². The molecular weight excluding hydrogens is 246 g/mol. The summed E-state index contributed by atoms with van der Waals surface area (Å²) < 4.78 is 5.68. The van der Waals surface area contributed by atoms with Crippen molar-refractivity contribution in [2.75, 3.05) is 26.2 Å². The maximum atomic E-state index is 5.90. The molecule has 0 atom stereocenters. The van der Waals surface area contributed by atoms with Gasteiger partial charge in [0.2, 0.25) is 0 Å². The molecule has 0 aliphatic carbocycles. The summed E-state index contributed by atoms with van der Waals surface area (Å²) in [5.41, 5.74) is 0. The first kappa shape index (κ1) is 13.7. The molecule has 3 heteroatoms. The smallest absolute Gasteiger partial charge is 0.120 e. The summed E-state index contributed by atoms with van der Waals surface area (Å²) in [6, 6.07) is 7.63. The minimum atomic E-state index is 0.741. The number of nitrogens with one attached hydrogen (secondary N) is 1. The van der Waals surface area contributed by atoms with Gasteiger partial charge in [0.05, 0.1) is 26.2 Å². The number of hydrogen-bond acceptors (Lipinski definition) is 1. The van der Waals surface area contributed by atoms with Gasteiger partial charge in [0.25, 0.3) is 0 Å². The Morgan fingerprint density at radius 2 is 1.94 bits per heavy atom. The van der Waals surface area contributed by atoms with Gasteiger partial charge in [-0.15, -0.1) is 0 Å². The van der Waals surface area contributed by atoms with E-state index in [9.17, 15) is 0 Å². The van der Waals surface area contributed by atoms with Crippen LogP contribution in [0.1, 0.15) is 32.1 Å². The van der Waals surface area contributed by atoms with E-state index < -0.39 is 0 Å². The Hall–Kier alpha value is -0.730. The van der Waals surface area contributed by atoms with Crippen molar-refractivity contribution in [1.29, 1.82) is 0 Å². The van der Waals surface area contributed by atoms with Crippen LogP contribution in [0.25, 0.3) is 0 Å². The van der Waals surface area contributed by atoms with E-state index in [-0.39, 0.29) is 0 Å². The van der Waals surface area contributed by atoms with Crippen molar-refractivity contribution >= 4 is 11.6 Å². The highest BCUT2D eigenvalue weighted by atomic mass is 35.5. The third-order valence-corrected chi connectivity index (χ3v) is 3.79. The first-order valence-electron chi connectivity index (χ1n) is 7.06. The van der Waals surface area contributed by atoms with E-state index in [0.717, 1.165) is 23.8 Å². The van der Waals surface area contributed by atoms with Crippen molar-refractivity contribution in [1.82, 2.24) is 0 Å². The predicted molar refractivity (Wildman–Crippen MR) is 75.6 cm³/mol. The van der Waals surface area contributed by atoms with Crippen molar-refractivity contribution in [3.8, 4) is 5.75 Å². The van der Waals surface area contributed by atoms with E-state index in [4.69, 9.17) is 16.3 Å². The molecule has 1 N–H and O–H groups in total. The highest BCUT2D eigenvalue weighted by Crippen LogP contribution is 2.17. The molecular formula is C15H23ClNO+. The van der Waals surface area contributed by atoms with Crippen LogP contribution in [-0.2, 0) is 0 Å². The third-order valence-electron chi connectivity index (χ3n) is 3.55. The van der Waals surface area contributed by atoms with Crippen LogP contribution in [0.2, 0.25) is 5.02 Å². The summed E-state index contributed by atoms with van der Waals surface area (Å²) in [6.45, 7) is 4.84. The van der Waals surface area contributed by atoms with Gasteiger partial charge in [-0.3, -0.25) is 0 Å². The number of rotatable bonds is 6. The minimum Gasteiger partial charge on any atom is -0.494 e. The summed E-state index contributed by atoms with van der Waals surface area (Å²) >= 11 is 5.90. The van der Waals surface area contributed by atoms with Crippen LogP contribution in [-0.4, -0.2) is 26.2 Å². The molecule has 1 fully saturated rings. The van der Waals surface area contributed by atoms with Gasteiger partial charge >= 0.3 is 0 Å². The average molecular weight is 269 g/mol. The van der Waals surface area contributed by atoms with Gasteiger partial charge in [-0.05, 0) is 50.3 Å². The van der Waals surface area contributed by atoms with Crippen LogP contribution in [0, 0.1) is 0 Å². The highest BCUT2D eigenvalue weighted by molar-refractivity contribution is 6.30. The zero-order chi connectivity index (χ0) is 12.6. The third kappa shape index (κ3) is 4.87. The standard InChI is InChI=1S/C15H22ClNO/c16-14-7-6-8-15(13-14)18-12-5-4-11-17-9-2-1-3-10-17/h6-8,13H,1-5,9-12H2/p+1. The lowest BCUT2D eigenvalue weighted by atomic mass is 10.1. The van der Waals surface area contributed by atoms with Gasteiger partial charge in [0, 0.05) is 5.02 Å². The lowest BCUT2D eigenvalue weighted by Crippen LogP contribution is -3.12. The zero-order valence-electron chi connectivity index (χ0n) is 11.0. The molecule has 0 saturated carbocycles. The summed E-state index contributed by atoms with van der Waals surface area (Å²) in [4.78, 5) is 1.78. The van der Waals surface area contributed by atoms with Crippen molar-refractivity contribution in [2.24, 2.45) is 0 Å². The highest BCUT2D eigenvalue weighted by Gasteiger charge is 2.12. The quantitative estimate of drug-likeness (QED) is 0.783. The summed E-state index contributed by atoms with van der Waals surface area (Å²) in [5.74, 6) is 0.882. The van der Waals surface area contributed by atoms with E-state index in [0.29, 0.717) is 0 Å². The van der Waals surface area contributed by atoms with Crippen molar-refractivity contribution in [3.63, 3.8) is 0 Å². The fourth-order valence-electron chi connectivity index (χ4n) is 2.53. The summed E-state index contributed by atoms with van der Waals surface area (Å²) in [6.07, 6.45) is 6.65. The first-order valence-corrected chi connectivity index (χ1v) is 7.44. The van der Waals surface area contributed by atoms with Crippen LogP contribution in [0.15, 0.2) is 24.3 Å². The number of benzene rings is 1. The number of unbranched alkanes of at least 4 members (excludes halogenated alkanes) is 1. The fraction of sp³-hybridized carbons (Fsp3) is 0.600. The number of halogens is 1. The second kappa shape index (κ2) is 7.65. The number of ether oxygens (including phenoxy) is 1. The SMILES string of the molecule is Clc1cccc(OCCCC[NH+]2CCCCC2)c1. The van der Waals surface area contributed by atoms with E-state index >= 15 is 0 Å². The molecule has 1 aromatic carbocycles. The van der Waals surface area contributed by atoms with Crippen LogP contribution >= 0.6 is 11.6 Å². The van der Waals surface area contributed by atoms with Crippen LogP contribution < -0.4 is 9.64 Å². The van der Waals surface area contributed by atoms with E-state index in [1.807, 2.05) is 24.3 Å². The summed E-state index contributed by atoms with van der Waals surface area (Å²) in [5, 5.41) is 0.741. The molecule has 100 valence electrons. The molecule has 18 heavy (non-hydrogen) atoms. The molecule has 0 aromatic heterocycles. The summed E-state index contributed by atoms with van der Waals surface area (Å²) in [7, 11) is 0. The van der Waals surface area contributed by atoms with E-state index in [2.05, 4.69) is 0 Å². The molecule has 0 radical (unpaired) electrons. The van der Waals surface area contributed by atoms with Gasteiger partial charge < -0.3 is 9.64 Å². The van der Waals surface area contributed by atoms with Crippen LogP contribution in [0.5, 0.6) is 5.75 Å². The number of quaternary nitrogens is 1. The predicted octanol–water partition coefficient (Wildman–Crippen LogP) is 2.57. The monoisotopic (exact) mass is 268 g/mol. The molecule has 1 aliphatic rings. The minimum absolute atomic E-state index is 0.741. The van der Waals surface area contributed by atoms with Gasteiger partial charge in [-0.25, -0.2) is 0 Å². The second-order valence-electron chi connectivity index (χ2n) is 5.07. The van der Waals surface area contributed by atoms with Gasteiger partial charge in [0.15, 0.2) is 0 Å². The van der Waals surface area contributed by atoms with E-state index in [1.54, 1.807) is 4.90 Å². The Bertz CT molecular complexity index is 350. The largest absolute Gasteiger partial charge is 0.494 e. The molecule has 2 nitrogen and oxygen atoms in total. The van der Waals surface area contributed by atoms with Crippen molar-refractivity contribution in [3.05, 3.63) is 29.3 Å². The molecule has 0 bridgehead atoms. The lowest BCUT2D eigenvalue weighted by molar-refractivity contribution is -0.905. The van der Waals surface area contributed by atoms with Crippen LogP contribution in [0.3, 0.4) is 0 Å². The lowest BCUT2D eigenvalue weighted by Gasteiger charge is -2.23. The number of hydrogen-bond donors (Lipinski definition) is 1. The van der Waals surface area contributed by atoms with Crippen LogP contribution in [0.4, 0.5) is 0 Å². The maximum Gasteiger partial charge on any atom is 0.120 e. The normalized spacial score (nSPS) is 16.7. The Labute approximate surface area is 115 Å². The second-order valence-corrected chi connectivity index (χ2v) is 5.51. The number of likely N-dealkylation sites (tertiary alicyclic amines) is 1. The molecule has 2 rings (SSSR count). The average Bonchev–Trinajstić information content (AvgIpc) is 2.40. The maximum absolute atomic E-state index is 5.90. The molecule has 0 amide bonds. The zero-order valence-corrected chi connectivity index (χ0v) is 11.7. The van der Waals surface area contributed by atoms with E-state index in [1.165, 1.54) is 45.3 Å². The Balaban J connectivity index is 1.55. The molecule has 1 aliphatic heterocycles.